The highest BCUT2D eigenvalue weighted by atomic mass is 16.5. The molecule has 2 amide bonds. The second-order valence-corrected chi connectivity index (χ2v) is 6.95. The number of carboxylic acid groups (broad SMARTS) is 1. The zero-order valence-electron chi connectivity index (χ0n) is 13.7. The topological polar surface area (TPSA) is 78.9 Å². The van der Waals surface area contributed by atoms with Gasteiger partial charge in [0.05, 0.1) is 12.5 Å². The maximum atomic E-state index is 12.4. The smallest absolute Gasteiger partial charge is 0.317 e. The van der Waals surface area contributed by atoms with E-state index in [1.807, 2.05) is 20.8 Å². The molecule has 1 rings (SSSR count). The molecule has 2 N–H and O–H groups in total. The molecule has 0 aromatic heterocycles. The third-order valence-corrected chi connectivity index (χ3v) is 4.20. The van der Waals surface area contributed by atoms with Crippen LogP contribution in [0.15, 0.2) is 0 Å². The van der Waals surface area contributed by atoms with Crippen LogP contribution < -0.4 is 5.32 Å². The summed E-state index contributed by atoms with van der Waals surface area (Å²) in [5, 5.41) is 11.9. The van der Waals surface area contributed by atoms with Crippen LogP contribution >= 0.6 is 0 Å². The van der Waals surface area contributed by atoms with Gasteiger partial charge in [-0.05, 0) is 17.8 Å². The van der Waals surface area contributed by atoms with Crippen LogP contribution in [0.3, 0.4) is 0 Å². The van der Waals surface area contributed by atoms with Gasteiger partial charge in [-0.1, -0.05) is 27.7 Å². The van der Waals surface area contributed by atoms with E-state index in [9.17, 15) is 9.59 Å². The molecule has 122 valence electrons. The van der Waals surface area contributed by atoms with Crippen LogP contribution in [0, 0.1) is 11.3 Å². The number of methoxy groups -OCH3 is 1. The highest BCUT2D eigenvalue weighted by Crippen LogP contribution is 2.23. The van der Waals surface area contributed by atoms with Crippen LogP contribution in [0.4, 0.5) is 4.79 Å². The lowest BCUT2D eigenvalue weighted by Gasteiger charge is -2.38. The van der Waals surface area contributed by atoms with Gasteiger partial charge in [-0.25, -0.2) is 4.79 Å². The first-order valence-electron chi connectivity index (χ1n) is 7.45. The van der Waals surface area contributed by atoms with E-state index in [0.29, 0.717) is 19.0 Å². The minimum absolute atomic E-state index is 0.0389. The van der Waals surface area contributed by atoms with E-state index in [1.54, 1.807) is 12.0 Å². The number of carbonyl (C=O) groups is 2. The molecule has 1 aliphatic heterocycles. The Labute approximate surface area is 126 Å². The number of nitrogens with one attached hydrogen (secondary N) is 1. The molecule has 3 atom stereocenters. The summed E-state index contributed by atoms with van der Waals surface area (Å²) in [6.45, 7) is 9.13. The van der Waals surface area contributed by atoms with Crippen molar-refractivity contribution < 1.29 is 19.4 Å². The molecule has 0 aromatic rings. The number of carbonyl (C=O) groups excluding carboxylic acids is 1. The Kier molecular flexibility index (Phi) is 6.01. The van der Waals surface area contributed by atoms with Crippen LogP contribution in [0.2, 0.25) is 0 Å². The Morgan fingerprint density at radius 1 is 1.43 bits per heavy atom. The van der Waals surface area contributed by atoms with E-state index in [1.165, 1.54) is 0 Å². The third-order valence-electron chi connectivity index (χ3n) is 4.20. The molecule has 0 saturated carbocycles. The van der Waals surface area contributed by atoms with Gasteiger partial charge in [-0.2, -0.15) is 0 Å². The molecule has 0 radical (unpaired) electrons. The molecule has 0 spiro atoms. The third kappa shape index (κ3) is 5.19. The average Bonchev–Trinajstić information content (AvgIpc) is 2.36. The van der Waals surface area contributed by atoms with Crippen LogP contribution in [0.5, 0.6) is 0 Å². The molecular weight excluding hydrogens is 272 g/mol. The lowest BCUT2D eigenvalue weighted by Crippen LogP contribution is -2.54. The number of rotatable bonds is 4. The predicted molar refractivity (Wildman–Crippen MR) is 80.2 cm³/mol. The fourth-order valence-corrected chi connectivity index (χ4v) is 2.51. The standard InChI is InChI=1S/C15H28N2O4/c1-10-6-7-17(9-11(10)21-5)14(20)16-12(8-13(18)19)15(2,3)4/h10-12H,6-9H2,1-5H3,(H,16,20)(H,18,19). The van der Waals surface area contributed by atoms with Crippen molar-refractivity contribution in [2.24, 2.45) is 11.3 Å². The Bertz CT molecular complexity index is 378. The molecule has 6 heteroatoms. The average molecular weight is 300 g/mol. The number of hydrogen-bond donors (Lipinski definition) is 2. The minimum atomic E-state index is -0.905. The van der Waals surface area contributed by atoms with Gasteiger partial charge in [0, 0.05) is 26.2 Å². The number of carboxylic acids is 1. The number of urea groups is 1. The zero-order chi connectivity index (χ0) is 16.2. The van der Waals surface area contributed by atoms with Crippen molar-refractivity contribution in [3.05, 3.63) is 0 Å². The second-order valence-electron chi connectivity index (χ2n) is 6.95. The van der Waals surface area contributed by atoms with E-state index in [2.05, 4.69) is 12.2 Å². The molecule has 1 saturated heterocycles. The number of aliphatic carboxylic acids is 1. The maximum absolute atomic E-state index is 12.4. The molecule has 0 bridgehead atoms. The van der Waals surface area contributed by atoms with Crippen molar-refractivity contribution in [1.29, 1.82) is 0 Å². The van der Waals surface area contributed by atoms with Gasteiger partial charge in [0.15, 0.2) is 0 Å². The Morgan fingerprint density at radius 2 is 2.05 bits per heavy atom. The molecule has 0 aromatic carbocycles. The Hall–Kier alpha value is -1.30. The van der Waals surface area contributed by atoms with Gasteiger partial charge in [-0.15, -0.1) is 0 Å². The quantitative estimate of drug-likeness (QED) is 0.831. The first-order valence-corrected chi connectivity index (χ1v) is 7.45. The van der Waals surface area contributed by atoms with Crippen LogP contribution in [0.25, 0.3) is 0 Å². The SMILES string of the molecule is COC1CN(C(=O)NC(CC(=O)O)C(C)(C)C)CCC1C. The van der Waals surface area contributed by atoms with Crippen LogP contribution in [-0.2, 0) is 9.53 Å². The normalized spacial score (nSPS) is 24.5. The number of amides is 2. The lowest BCUT2D eigenvalue weighted by molar-refractivity contribution is -0.138. The first kappa shape index (κ1) is 17.8. The van der Waals surface area contributed by atoms with Crippen molar-refractivity contribution in [1.82, 2.24) is 10.2 Å². The summed E-state index contributed by atoms with van der Waals surface area (Å²) in [6.07, 6.45) is 0.857. The molecule has 6 nitrogen and oxygen atoms in total. The summed E-state index contributed by atoms with van der Waals surface area (Å²) in [4.78, 5) is 25.1. The van der Waals surface area contributed by atoms with Gasteiger partial charge in [0.25, 0.3) is 0 Å². The van der Waals surface area contributed by atoms with E-state index in [4.69, 9.17) is 9.84 Å². The fourth-order valence-electron chi connectivity index (χ4n) is 2.51. The summed E-state index contributed by atoms with van der Waals surface area (Å²) in [5.41, 5.74) is -0.308. The van der Waals surface area contributed by atoms with E-state index in [0.717, 1.165) is 6.42 Å². The molecule has 21 heavy (non-hydrogen) atoms. The van der Waals surface area contributed by atoms with Crippen molar-refractivity contribution in [2.45, 2.75) is 52.7 Å². The first-order chi connectivity index (χ1) is 9.65. The minimum Gasteiger partial charge on any atom is -0.481 e. The summed E-state index contributed by atoms with van der Waals surface area (Å²) in [5.74, 6) is -0.478. The van der Waals surface area contributed by atoms with Gasteiger partial charge in [0.2, 0.25) is 0 Å². The van der Waals surface area contributed by atoms with Gasteiger partial charge < -0.3 is 20.1 Å². The van der Waals surface area contributed by atoms with Crippen molar-refractivity contribution >= 4 is 12.0 Å². The van der Waals surface area contributed by atoms with Gasteiger partial charge >= 0.3 is 12.0 Å². The van der Waals surface area contributed by atoms with Gasteiger partial charge in [-0.3, -0.25) is 4.79 Å². The molecule has 1 heterocycles. The Morgan fingerprint density at radius 3 is 2.52 bits per heavy atom. The summed E-state index contributed by atoms with van der Waals surface area (Å²) in [6, 6.07) is -0.604. The lowest BCUT2D eigenvalue weighted by atomic mass is 9.85. The fraction of sp³-hybridized carbons (Fsp3) is 0.867. The van der Waals surface area contributed by atoms with Gasteiger partial charge in [0.1, 0.15) is 0 Å². The largest absolute Gasteiger partial charge is 0.481 e. The molecule has 0 aliphatic carbocycles. The van der Waals surface area contributed by atoms with Crippen molar-refractivity contribution in [3.63, 3.8) is 0 Å². The van der Waals surface area contributed by atoms with E-state index in [-0.39, 0.29) is 24.0 Å². The number of nitrogens with zero attached hydrogens (tertiary/aromatic N) is 1. The number of piperidine rings is 1. The summed E-state index contributed by atoms with van der Waals surface area (Å²) in [7, 11) is 1.66. The predicted octanol–water partition coefficient (Wildman–Crippen LogP) is 1.94. The maximum Gasteiger partial charge on any atom is 0.317 e. The number of ether oxygens (including phenoxy) is 1. The monoisotopic (exact) mass is 300 g/mol. The highest BCUT2D eigenvalue weighted by Gasteiger charge is 2.33. The second kappa shape index (κ2) is 7.11. The molecule has 3 unspecified atom stereocenters. The van der Waals surface area contributed by atoms with E-state index >= 15 is 0 Å². The molecular formula is C15H28N2O4. The summed E-state index contributed by atoms with van der Waals surface area (Å²) < 4.78 is 5.40. The number of likely N-dealkylation sites (tertiary alicyclic amines) is 1. The van der Waals surface area contributed by atoms with Crippen molar-refractivity contribution in [2.75, 3.05) is 20.2 Å². The molecule has 1 fully saturated rings. The van der Waals surface area contributed by atoms with Crippen LogP contribution in [0.1, 0.15) is 40.5 Å². The molecule has 1 aliphatic rings. The van der Waals surface area contributed by atoms with E-state index < -0.39 is 12.0 Å². The Balaban J connectivity index is 2.67. The summed E-state index contributed by atoms with van der Waals surface area (Å²) >= 11 is 0. The van der Waals surface area contributed by atoms with Crippen LogP contribution in [-0.4, -0.2) is 54.4 Å². The highest BCUT2D eigenvalue weighted by molar-refractivity contribution is 5.76. The van der Waals surface area contributed by atoms with Crippen molar-refractivity contribution in [3.8, 4) is 0 Å². The number of hydrogen-bond acceptors (Lipinski definition) is 3. The zero-order valence-corrected chi connectivity index (χ0v) is 13.7.